The van der Waals surface area contributed by atoms with Gasteiger partial charge in [-0.3, -0.25) is 25.0 Å². The highest BCUT2D eigenvalue weighted by atomic mass is 16.6. The number of carbonyl (C=O) groups excluding carboxylic acids is 3. The van der Waals surface area contributed by atoms with Crippen LogP contribution < -0.4 is 19.9 Å². The van der Waals surface area contributed by atoms with Crippen LogP contribution in [0.25, 0.3) is 6.08 Å². The summed E-state index contributed by atoms with van der Waals surface area (Å²) in [5, 5.41) is 13.5. The van der Waals surface area contributed by atoms with E-state index in [9.17, 15) is 24.5 Å². The SMILES string of the molecule is O=C1NC(=O)N(c2cc3c4c(c2)[C@@H](c2ccccc2)CCN4CC[C@@H]3c2ccccc2)C(=O)/C1=C/c1ccc(OCc2cccc([N+](=O)[O-])c2)cc1. The van der Waals surface area contributed by atoms with Crippen molar-refractivity contribution >= 4 is 41.0 Å². The van der Waals surface area contributed by atoms with Crippen LogP contribution in [0, 0.1) is 10.1 Å². The molecule has 0 bridgehead atoms. The van der Waals surface area contributed by atoms with Crippen molar-refractivity contribution in [2.75, 3.05) is 22.9 Å². The van der Waals surface area contributed by atoms with Gasteiger partial charge in [-0.05, 0) is 76.6 Å². The highest BCUT2D eigenvalue weighted by Crippen LogP contribution is 2.50. The smallest absolute Gasteiger partial charge is 0.335 e. The number of urea groups is 1. The zero-order valence-electron chi connectivity index (χ0n) is 28.1. The molecule has 10 heteroatoms. The predicted octanol–water partition coefficient (Wildman–Crippen LogP) is 7.72. The number of hydrogen-bond donors (Lipinski definition) is 1. The van der Waals surface area contributed by atoms with Gasteiger partial charge in [0.1, 0.15) is 17.9 Å². The van der Waals surface area contributed by atoms with Crippen LogP contribution in [0.1, 0.15) is 58.1 Å². The second-order valence-corrected chi connectivity index (χ2v) is 13.2. The Labute approximate surface area is 300 Å². The summed E-state index contributed by atoms with van der Waals surface area (Å²) in [6.07, 6.45) is 3.25. The zero-order chi connectivity index (χ0) is 35.8. The maximum atomic E-state index is 14.2. The topological polar surface area (TPSA) is 122 Å². The van der Waals surface area contributed by atoms with Crippen LogP contribution in [-0.4, -0.2) is 35.9 Å². The maximum absolute atomic E-state index is 14.2. The summed E-state index contributed by atoms with van der Waals surface area (Å²) in [5.41, 5.74) is 7.06. The van der Waals surface area contributed by atoms with E-state index in [1.165, 1.54) is 29.3 Å². The molecule has 2 atom stereocenters. The molecular weight excluding hydrogens is 656 g/mol. The van der Waals surface area contributed by atoms with Gasteiger partial charge in [-0.2, -0.15) is 0 Å². The third-order valence-corrected chi connectivity index (χ3v) is 10.1. The van der Waals surface area contributed by atoms with E-state index in [0.717, 1.165) is 47.6 Å². The van der Waals surface area contributed by atoms with Gasteiger partial charge in [0.25, 0.3) is 17.5 Å². The molecule has 1 saturated heterocycles. The number of ether oxygens (including phenoxy) is 1. The van der Waals surface area contributed by atoms with Gasteiger partial charge in [0, 0.05) is 42.7 Å². The number of amides is 4. The summed E-state index contributed by atoms with van der Waals surface area (Å²) in [7, 11) is 0. The number of rotatable bonds is 8. The minimum Gasteiger partial charge on any atom is -0.489 e. The number of anilines is 2. The van der Waals surface area contributed by atoms with Gasteiger partial charge >= 0.3 is 6.03 Å². The third kappa shape index (κ3) is 6.19. The Bertz CT molecular complexity index is 2160. The molecule has 10 nitrogen and oxygen atoms in total. The predicted molar refractivity (Wildman–Crippen MR) is 197 cm³/mol. The van der Waals surface area contributed by atoms with E-state index < -0.39 is 22.8 Å². The number of imide groups is 2. The molecular formula is C42H34N4O6. The van der Waals surface area contributed by atoms with Crippen molar-refractivity contribution in [1.82, 2.24) is 5.32 Å². The van der Waals surface area contributed by atoms with Gasteiger partial charge in [0.15, 0.2) is 0 Å². The number of barbiturate groups is 1. The fourth-order valence-corrected chi connectivity index (χ4v) is 7.61. The number of non-ortho nitro benzene ring substituents is 1. The van der Waals surface area contributed by atoms with Crippen molar-refractivity contribution < 1.29 is 24.0 Å². The van der Waals surface area contributed by atoms with Crippen molar-refractivity contribution in [3.05, 3.63) is 170 Å². The molecule has 4 amide bonds. The first kappa shape index (κ1) is 32.6. The Balaban J connectivity index is 1.13. The Morgan fingerprint density at radius 3 is 1.98 bits per heavy atom. The molecule has 8 rings (SSSR count). The van der Waals surface area contributed by atoms with Crippen molar-refractivity contribution in [1.29, 1.82) is 0 Å². The molecule has 3 heterocycles. The van der Waals surface area contributed by atoms with Crippen molar-refractivity contribution in [3.8, 4) is 5.75 Å². The molecule has 5 aromatic carbocycles. The van der Waals surface area contributed by atoms with Crippen LogP contribution in [-0.2, 0) is 16.2 Å². The first-order chi connectivity index (χ1) is 25.3. The van der Waals surface area contributed by atoms with Crippen LogP contribution in [0.4, 0.5) is 21.9 Å². The van der Waals surface area contributed by atoms with Gasteiger partial charge in [-0.25, -0.2) is 9.69 Å². The Morgan fingerprint density at radius 2 is 1.38 bits per heavy atom. The lowest BCUT2D eigenvalue weighted by Crippen LogP contribution is -2.54. The maximum Gasteiger partial charge on any atom is 0.335 e. The molecule has 0 saturated carbocycles. The molecule has 0 unspecified atom stereocenters. The monoisotopic (exact) mass is 690 g/mol. The summed E-state index contributed by atoms with van der Waals surface area (Å²) in [6, 6.07) is 36.7. The van der Waals surface area contributed by atoms with E-state index in [0.29, 0.717) is 22.6 Å². The highest BCUT2D eigenvalue weighted by molar-refractivity contribution is 6.39. The van der Waals surface area contributed by atoms with Gasteiger partial charge in [-0.1, -0.05) is 84.9 Å². The zero-order valence-corrected chi connectivity index (χ0v) is 28.1. The fourth-order valence-electron chi connectivity index (χ4n) is 7.61. The number of carbonyl (C=O) groups is 3. The number of nitro groups is 1. The molecule has 52 heavy (non-hydrogen) atoms. The van der Waals surface area contributed by atoms with E-state index in [-0.39, 0.29) is 29.7 Å². The molecule has 0 aliphatic carbocycles. The Morgan fingerprint density at radius 1 is 0.769 bits per heavy atom. The van der Waals surface area contributed by atoms with E-state index in [2.05, 4.69) is 34.5 Å². The fraction of sp³-hybridized carbons (Fsp3) is 0.167. The lowest BCUT2D eigenvalue weighted by molar-refractivity contribution is -0.384. The second kappa shape index (κ2) is 13.6. The lowest BCUT2D eigenvalue weighted by atomic mass is 9.76. The van der Waals surface area contributed by atoms with Gasteiger partial charge in [0.05, 0.1) is 10.6 Å². The summed E-state index contributed by atoms with van der Waals surface area (Å²) in [4.78, 5) is 55.0. The molecule has 258 valence electrons. The molecule has 0 aromatic heterocycles. The molecule has 0 radical (unpaired) electrons. The summed E-state index contributed by atoms with van der Waals surface area (Å²) < 4.78 is 5.82. The summed E-state index contributed by atoms with van der Waals surface area (Å²) >= 11 is 0. The van der Waals surface area contributed by atoms with E-state index in [1.54, 1.807) is 36.4 Å². The summed E-state index contributed by atoms with van der Waals surface area (Å²) in [6.45, 7) is 1.93. The summed E-state index contributed by atoms with van der Waals surface area (Å²) in [5.74, 6) is -0.839. The van der Waals surface area contributed by atoms with E-state index in [4.69, 9.17) is 4.74 Å². The third-order valence-electron chi connectivity index (χ3n) is 10.1. The van der Waals surface area contributed by atoms with Gasteiger partial charge in [0.2, 0.25) is 0 Å². The van der Waals surface area contributed by atoms with Crippen molar-refractivity contribution in [2.24, 2.45) is 0 Å². The quantitative estimate of drug-likeness (QED) is 0.0766. The molecule has 3 aliphatic rings. The van der Waals surface area contributed by atoms with Crippen LogP contribution in [0.15, 0.2) is 127 Å². The molecule has 1 N–H and O–H groups in total. The van der Waals surface area contributed by atoms with Crippen molar-refractivity contribution in [3.63, 3.8) is 0 Å². The average Bonchev–Trinajstić information content (AvgIpc) is 3.17. The molecule has 0 spiro atoms. The molecule has 3 aliphatic heterocycles. The normalized spacial score (nSPS) is 18.9. The molecule has 1 fully saturated rings. The number of hydrogen-bond acceptors (Lipinski definition) is 7. The van der Waals surface area contributed by atoms with Crippen LogP contribution in [0.3, 0.4) is 0 Å². The largest absolute Gasteiger partial charge is 0.489 e. The van der Waals surface area contributed by atoms with Crippen LogP contribution >= 0.6 is 0 Å². The van der Waals surface area contributed by atoms with E-state index in [1.807, 2.05) is 48.5 Å². The minimum atomic E-state index is -0.791. The van der Waals surface area contributed by atoms with E-state index >= 15 is 0 Å². The first-order valence-corrected chi connectivity index (χ1v) is 17.2. The minimum absolute atomic E-state index is 0.0187. The second-order valence-electron chi connectivity index (χ2n) is 13.2. The number of nitro benzene ring substituents is 1. The first-order valence-electron chi connectivity index (χ1n) is 17.2. The Kier molecular flexibility index (Phi) is 8.56. The number of benzene rings is 5. The highest BCUT2D eigenvalue weighted by Gasteiger charge is 2.40. The van der Waals surface area contributed by atoms with Crippen LogP contribution in [0.2, 0.25) is 0 Å². The standard InChI is InChI=1S/C42H34N4O6/c47-40-38(23-27-14-16-33(17-15-27)52-26-28-8-7-13-31(22-28)46(50)51)41(48)45(42(49)43-40)32-24-36-34(29-9-3-1-4-10-29)18-20-44-21-19-35(37(25-32)39(36)44)30-11-5-2-6-12-30/h1-17,22-25,34-35H,18-21,26H2,(H,43,47,49)/b38-23+/t34-,35-/m1/s1. The number of nitrogens with one attached hydrogen (secondary N) is 1. The van der Waals surface area contributed by atoms with Crippen molar-refractivity contribution in [2.45, 2.75) is 31.3 Å². The van der Waals surface area contributed by atoms with Crippen LogP contribution in [0.5, 0.6) is 5.75 Å². The van der Waals surface area contributed by atoms with Gasteiger partial charge in [-0.15, -0.1) is 0 Å². The average molecular weight is 691 g/mol. The van der Waals surface area contributed by atoms with Gasteiger partial charge < -0.3 is 9.64 Å². The lowest BCUT2D eigenvalue weighted by Gasteiger charge is -2.44. The molecule has 5 aromatic rings. The Hall–Kier alpha value is -6.55. The number of nitrogens with zero attached hydrogens (tertiary/aromatic N) is 3.